The Hall–Kier alpha value is -2.49. The molecule has 2 fully saturated rings. The van der Waals surface area contributed by atoms with Crippen LogP contribution in [0.1, 0.15) is 47.2 Å². The van der Waals surface area contributed by atoms with E-state index < -0.39 is 0 Å². The number of piperidine rings is 1. The molecule has 0 radical (unpaired) electrons. The fourth-order valence-corrected chi connectivity index (χ4v) is 5.76. The molecule has 1 aliphatic heterocycles. The highest BCUT2D eigenvalue weighted by molar-refractivity contribution is 9.10. The Morgan fingerprint density at radius 3 is 2.14 bits per heavy atom. The zero-order chi connectivity index (χ0) is 24.4. The van der Waals surface area contributed by atoms with Crippen LogP contribution < -0.4 is 0 Å². The molecule has 4 aromatic rings. The van der Waals surface area contributed by atoms with Crippen molar-refractivity contribution >= 4 is 43.3 Å². The molecule has 6 rings (SSSR count). The average molecular weight is 529 g/mol. The molecule has 3 heteroatoms. The van der Waals surface area contributed by atoms with Gasteiger partial charge in [0.15, 0.2) is 5.78 Å². The van der Waals surface area contributed by atoms with Crippen LogP contribution in [0.2, 0.25) is 0 Å². The lowest BCUT2D eigenvalue weighted by Crippen LogP contribution is -2.39. The first kappa shape index (κ1) is 24.2. The Labute approximate surface area is 217 Å². The van der Waals surface area contributed by atoms with E-state index in [0.29, 0.717) is 5.78 Å². The molecular weight excluding hydrogens is 494 g/mol. The van der Waals surface area contributed by atoms with Crippen molar-refractivity contribution in [2.45, 2.75) is 39.5 Å². The van der Waals surface area contributed by atoms with Gasteiger partial charge in [-0.2, -0.15) is 0 Å². The van der Waals surface area contributed by atoms with Crippen LogP contribution in [0.5, 0.6) is 0 Å². The number of benzene rings is 4. The summed E-state index contributed by atoms with van der Waals surface area (Å²) in [5, 5.41) is 5.06. The third kappa shape index (κ3) is 5.52. The maximum atomic E-state index is 13.1. The molecular formula is C32H34BrNO. The van der Waals surface area contributed by atoms with Gasteiger partial charge >= 0.3 is 0 Å². The van der Waals surface area contributed by atoms with E-state index >= 15 is 0 Å². The van der Waals surface area contributed by atoms with Gasteiger partial charge < -0.3 is 4.90 Å². The lowest BCUT2D eigenvalue weighted by molar-refractivity contribution is 0.0814. The van der Waals surface area contributed by atoms with Gasteiger partial charge in [-0.15, -0.1) is 0 Å². The van der Waals surface area contributed by atoms with Crippen molar-refractivity contribution in [2.24, 2.45) is 11.8 Å². The van der Waals surface area contributed by atoms with Gasteiger partial charge in [-0.25, -0.2) is 0 Å². The SMILES string of the molecule is Cc1c(Br)ccc2ccccc12.Cc1c(C(=O)C2CCCN(CC3CC3)C2)ccc2ccccc12. The van der Waals surface area contributed by atoms with Crippen molar-refractivity contribution in [1.29, 1.82) is 0 Å². The Bertz CT molecular complexity index is 1360. The zero-order valence-electron chi connectivity index (χ0n) is 20.8. The highest BCUT2D eigenvalue weighted by atomic mass is 79.9. The Morgan fingerprint density at radius 2 is 1.46 bits per heavy atom. The minimum Gasteiger partial charge on any atom is -0.302 e. The Kier molecular flexibility index (Phi) is 7.36. The molecule has 0 spiro atoms. The maximum Gasteiger partial charge on any atom is 0.167 e. The summed E-state index contributed by atoms with van der Waals surface area (Å²) in [6.45, 7) is 7.58. The van der Waals surface area contributed by atoms with E-state index in [-0.39, 0.29) is 5.92 Å². The van der Waals surface area contributed by atoms with Gasteiger partial charge in [-0.3, -0.25) is 4.79 Å². The quantitative estimate of drug-likeness (QED) is 0.248. The van der Waals surface area contributed by atoms with Crippen molar-refractivity contribution in [3.63, 3.8) is 0 Å². The number of rotatable bonds is 4. The van der Waals surface area contributed by atoms with Crippen molar-refractivity contribution in [2.75, 3.05) is 19.6 Å². The van der Waals surface area contributed by atoms with E-state index in [4.69, 9.17) is 0 Å². The Balaban J connectivity index is 0.000000178. The molecule has 180 valence electrons. The summed E-state index contributed by atoms with van der Waals surface area (Å²) < 4.78 is 1.18. The third-order valence-electron chi connectivity index (χ3n) is 7.69. The van der Waals surface area contributed by atoms with Gasteiger partial charge in [0, 0.05) is 29.0 Å². The van der Waals surface area contributed by atoms with Gasteiger partial charge in [0.2, 0.25) is 0 Å². The largest absolute Gasteiger partial charge is 0.302 e. The molecule has 1 aliphatic carbocycles. The van der Waals surface area contributed by atoms with Crippen LogP contribution in [0.25, 0.3) is 21.5 Å². The lowest BCUT2D eigenvalue weighted by atomic mass is 9.87. The van der Waals surface area contributed by atoms with E-state index in [1.54, 1.807) is 0 Å². The number of ketones is 1. The van der Waals surface area contributed by atoms with E-state index in [2.05, 4.69) is 101 Å². The second-order valence-corrected chi connectivity index (χ2v) is 11.1. The molecule has 4 aromatic carbocycles. The van der Waals surface area contributed by atoms with Gasteiger partial charge in [-0.05, 0) is 90.7 Å². The van der Waals surface area contributed by atoms with Crippen molar-refractivity contribution < 1.29 is 4.79 Å². The van der Waals surface area contributed by atoms with Gasteiger partial charge in [0.1, 0.15) is 0 Å². The molecule has 2 nitrogen and oxygen atoms in total. The summed E-state index contributed by atoms with van der Waals surface area (Å²) in [5.41, 5.74) is 3.39. The monoisotopic (exact) mass is 527 g/mol. The van der Waals surface area contributed by atoms with Crippen molar-refractivity contribution in [3.05, 3.63) is 94.0 Å². The number of Topliss-reactive ketones (excluding diaryl/α,β-unsaturated/α-hetero) is 1. The maximum absolute atomic E-state index is 13.1. The average Bonchev–Trinajstić information content (AvgIpc) is 3.71. The van der Waals surface area contributed by atoms with Crippen LogP contribution >= 0.6 is 15.9 Å². The Morgan fingerprint density at radius 1 is 0.829 bits per heavy atom. The number of fused-ring (bicyclic) bond motifs is 2. The second-order valence-electron chi connectivity index (χ2n) is 10.3. The molecule has 1 saturated carbocycles. The predicted octanol–water partition coefficient (Wildman–Crippen LogP) is 8.36. The van der Waals surface area contributed by atoms with Crippen LogP contribution in [0, 0.1) is 25.7 Å². The third-order valence-corrected chi connectivity index (χ3v) is 8.54. The number of halogens is 1. The fourth-order valence-electron chi connectivity index (χ4n) is 5.42. The summed E-state index contributed by atoms with van der Waals surface area (Å²) in [7, 11) is 0. The summed E-state index contributed by atoms with van der Waals surface area (Å²) in [6.07, 6.45) is 4.99. The molecule has 0 bridgehead atoms. The standard InChI is InChI=1S/C21H25NO.C11H9Br/c1-15-19-7-3-2-5-17(19)10-11-20(15)21(23)18-6-4-12-22(14-18)13-16-8-9-16;1-8-10-5-3-2-4-9(10)6-7-11(8)12/h2-3,5,7,10-11,16,18H,4,6,8-9,12-14H2,1H3;2-7H,1H3. The van der Waals surface area contributed by atoms with E-state index in [0.717, 1.165) is 36.4 Å². The number of hydrogen-bond acceptors (Lipinski definition) is 2. The second kappa shape index (κ2) is 10.6. The van der Waals surface area contributed by atoms with Crippen LogP contribution in [0.3, 0.4) is 0 Å². The number of hydrogen-bond donors (Lipinski definition) is 0. The summed E-state index contributed by atoms with van der Waals surface area (Å²) in [6, 6.07) is 25.1. The first-order valence-electron chi connectivity index (χ1n) is 12.9. The van der Waals surface area contributed by atoms with Gasteiger partial charge in [0.25, 0.3) is 0 Å². The highest BCUT2D eigenvalue weighted by Gasteiger charge is 2.31. The van der Waals surface area contributed by atoms with E-state index in [1.807, 2.05) is 6.07 Å². The number of carbonyl (C=O) groups excluding carboxylic acids is 1. The summed E-state index contributed by atoms with van der Waals surface area (Å²) >= 11 is 3.52. The molecule has 1 saturated heterocycles. The first-order valence-corrected chi connectivity index (χ1v) is 13.7. The molecule has 0 amide bonds. The fraction of sp³-hybridized carbons (Fsp3) is 0.344. The van der Waals surface area contributed by atoms with Crippen LogP contribution in [-0.2, 0) is 0 Å². The number of likely N-dealkylation sites (tertiary alicyclic amines) is 1. The topological polar surface area (TPSA) is 20.3 Å². The highest BCUT2D eigenvalue weighted by Crippen LogP contribution is 2.32. The molecule has 1 heterocycles. The van der Waals surface area contributed by atoms with Crippen LogP contribution in [-0.4, -0.2) is 30.3 Å². The molecule has 0 N–H and O–H groups in total. The smallest absolute Gasteiger partial charge is 0.167 e. The predicted molar refractivity (Wildman–Crippen MR) is 151 cm³/mol. The number of nitrogens with zero attached hydrogens (tertiary/aromatic N) is 1. The van der Waals surface area contributed by atoms with Crippen LogP contribution in [0.15, 0.2) is 77.3 Å². The molecule has 35 heavy (non-hydrogen) atoms. The van der Waals surface area contributed by atoms with E-state index in [9.17, 15) is 4.79 Å². The van der Waals surface area contributed by atoms with Gasteiger partial charge in [0.05, 0.1) is 0 Å². The number of carbonyl (C=O) groups is 1. The normalized spacial score (nSPS) is 18.3. The number of aryl methyl sites for hydroxylation is 2. The van der Waals surface area contributed by atoms with Crippen LogP contribution in [0.4, 0.5) is 0 Å². The minimum atomic E-state index is 0.183. The molecule has 0 aromatic heterocycles. The minimum absolute atomic E-state index is 0.183. The summed E-state index contributed by atoms with van der Waals surface area (Å²) in [5.74, 6) is 1.45. The first-order chi connectivity index (χ1) is 17.0. The molecule has 1 atom stereocenters. The molecule has 1 unspecified atom stereocenters. The lowest BCUT2D eigenvalue weighted by Gasteiger charge is -2.32. The zero-order valence-corrected chi connectivity index (χ0v) is 22.4. The summed E-state index contributed by atoms with van der Waals surface area (Å²) in [4.78, 5) is 15.6. The molecule has 2 aliphatic rings. The van der Waals surface area contributed by atoms with Crippen molar-refractivity contribution in [1.82, 2.24) is 4.90 Å². The van der Waals surface area contributed by atoms with E-state index in [1.165, 1.54) is 57.5 Å². The van der Waals surface area contributed by atoms with Gasteiger partial charge in [-0.1, -0.05) is 82.7 Å². The van der Waals surface area contributed by atoms with Crippen molar-refractivity contribution in [3.8, 4) is 0 Å².